The van der Waals surface area contributed by atoms with E-state index in [9.17, 15) is 4.79 Å². The van der Waals surface area contributed by atoms with Gasteiger partial charge in [0.2, 0.25) is 0 Å². The highest BCUT2D eigenvalue weighted by molar-refractivity contribution is 7.16. The second kappa shape index (κ2) is 5.02. The van der Waals surface area contributed by atoms with Crippen LogP contribution in [-0.4, -0.2) is 10.5 Å². The van der Waals surface area contributed by atoms with Gasteiger partial charge in [-0.15, -0.1) is 6.42 Å². The predicted molar refractivity (Wildman–Crippen MR) is 78.7 cm³/mol. The third-order valence-corrected chi connectivity index (χ3v) is 3.74. The summed E-state index contributed by atoms with van der Waals surface area (Å²) < 4.78 is 2.99. The van der Waals surface area contributed by atoms with E-state index < -0.39 is 5.41 Å². The van der Waals surface area contributed by atoms with E-state index in [1.807, 2.05) is 49.6 Å². The molecule has 1 aromatic heterocycles. The number of carbonyl (C=O) groups is 1. The first-order valence-electron chi connectivity index (χ1n) is 6.04. The molecule has 1 amide bonds. The molecule has 0 saturated carbocycles. The van der Waals surface area contributed by atoms with Gasteiger partial charge in [-0.3, -0.25) is 4.79 Å². The lowest BCUT2D eigenvalue weighted by molar-refractivity contribution is -0.125. The van der Waals surface area contributed by atoms with Crippen LogP contribution in [-0.2, 0) is 11.3 Å². The Morgan fingerprint density at radius 2 is 2.11 bits per heavy atom. The second-order valence-electron chi connectivity index (χ2n) is 5.31. The molecule has 2 aromatic rings. The largest absolute Gasteiger partial charge is 0.305 e. The van der Waals surface area contributed by atoms with Crippen LogP contribution in [0.1, 0.15) is 20.8 Å². The van der Waals surface area contributed by atoms with Crippen molar-refractivity contribution >= 4 is 27.5 Å². The monoisotopic (exact) mass is 272 g/mol. The molecule has 0 radical (unpaired) electrons. The minimum absolute atomic E-state index is 0.134. The summed E-state index contributed by atoms with van der Waals surface area (Å²) in [6.45, 7) is 5.99. The van der Waals surface area contributed by atoms with Crippen LogP contribution < -0.4 is 4.80 Å². The van der Waals surface area contributed by atoms with Gasteiger partial charge in [-0.2, -0.15) is 4.99 Å². The summed E-state index contributed by atoms with van der Waals surface area (Å²) in [7, 11) is 0. The molecule has 0 bridgehead atoms. The smallest absolute Gasteiger partial charge is 0.253 e. The molecule has 0 aliphatic heterocycles. The molecule has 98 valence electrons. The summed E-state index contributed by atoms with van der Waals surface area (Å²) in [5.41, 5.74) is 0.537. The Kier molecular flexibility index (Phi) is 3.59. The van der Waals surface area contributed by atoms with Crippen molar-refractivity contribution in [2.24, 2.45) is 10.4 Å². The van der Waals surface area contributed by atoms with Crippen LogP contribution in [0, 0.1) is 17.8 Å². The molecule has 0 aliphatic rings. The Labute approximate surface area is 116 Å². The van der Waals surface area contributed by atoms with Gasteiger partial charge >= 0.3 is 0 Å². The van der Waals surface area contributed by atoms with Crippen molar-refractivity contribution in [3.8, 4) is 12.3 Å². The van der Waals surface area contributed by atoms with E-state index in [0.717, 1.165) is 10.2 Å². The highest BCUT2D eigenvalue weighted by atomic mass is 32.1. The lowest BCUT2D eigenvalue weighted by Gasteiger charge is -2.11. The molecule has 0 spiro atoms. The number of rotatable bonds is 1. The van der Waals surface area contributed by atoms with Gasteiger partial charge in [0.1, 0.15) is 0 Å². The van der Waals surface area contributed by atoms with Gasteiger partial charge < -0.3 is 4.57 Å². The molecule has 0 N–H and O–H groups in total. The molecular formula is C15H16N2OS. The lowest BCUT2D eigenvalue weighted by atomic mass is 9.96. The van der Waals surface area contributed by atoms with Crippen molar-refractivity contribution in [1.82, 2.24) is 4.57 Å². The highest BCUT2D eigenvalue weighted by Crippen LogP contribution is 2.18. The Hall–Kier alpha value is -1.86. The van der Waals surface area contributed by atoms with Gasteiger partial charge in [0, 0.05) is 5.41 Å². The van der Waals surface area contributed by atoms with E-state index >= 15 is 0 Å². The number of terminal acetylenes is 1. The Morgan fingerprint density at radius 3 is 2.74 bits per heavy atom. The summed E-state index contributed by atoms with van der Waals surface area (Å²) in [5, 5.41) is 0. The van der Waals surface area contributed by atoms with Crippen molar-refractivity contribution in [3.63, 3.8) is 0 Å². The van der Waals surface area contributed by atoms with Crippen molar-refractivity contribution in [2.75, 3.05) is 0 Å². The minimum atomic E-state index is -0.482. The third-order valence-electron chi connectivity index (χ3n) is 2.68. The average molecular weight is 272 g/mol. The van der Waals surface area contributed by atoms with Crippen LogP contribution in [0.25, 0.3) is 10.2 Å². The third kappa shape index (κ3) is 2.77. The van der Waals surface area contributed by atoms with E-state index in [4.69, 9.17) is 6.42 Å². The number of carbonyl (C=O) groups excluding carboxylic acids is 1. The first-order chi connectivity index (χ1) is 8.93. The molecule has 4 heteroatoms. The van der Waals surface area contributed by atoms with Crippen LogP contribution in [0.4, 0.5) is 0 Å². The normalized spacial score (nSPS) is 12.6. The zero-order valence-corrected chi connectivity index (χ0v) is 12.1. The standard InChI is InChI=1S/C15H16N2OS/c1-5-10-17-11-8-6-7-9-12(11)19-14(17)16-13(18)15(2,3)4/h1,6-9H,10H2,2-4H3. The molecule has 19 heavy (non-hydrogen) atoms. The number of hydrogen-bond donors (Lipinski definition) is 0. The number of thiazole rings is 1. The lowest BCUT2D eigenvalue weighted by Crippen LogP contribution is -2.23. The Morgan fingerprint density at radius 1 is 1.42 bits per heavy atom. The van der Waals surface area contributed by atoms with E-state index in [2.05, 4.69) is 10.9 Å². The van der Waals surface area contributed by atoms with E-state index in [-0.39, 0.29) is 5.91 Å². The van der Waals surface area contributed by atoms with Gasteiger partial charge in [0.25, 0.3) is 5.91 Å². The summed E-state index contributed by atoms with van der Waals surface area (Å²) in [4.78, 5) is 16.9. The number of hydrogen-bond acceptors (Lipinski definition) is 2. The van der Waals surface area contributed by atoms with Crippen molar-refractivity contribution in [1.29, 1.82) is 0 Å². The number of aromatic nitrogens is 1. The zero-order chi connectivity index (χ0) is 14.0. The van der Waals surface area contributed by atoms with Crippen LogP contribution >= 0.6 is 11.3 Å². The maximum atomic E-state index is 12.0. The topological polar surface area (TPSA) is 34.4 Å². The fourth-order valence-electron chi connectivity index (χ4n) is 1.60. The number of fused-ring (bicyclic) bond motifs is 1. The second-order valence-corrected chi connectivity index (χ2v) is 6.32. The summed E-state index contributed by atoms with van der Waals surface area (Å²) in [5.74, 6) is 2.48. The number of benzene rings is 1. The van der Waals surface area contributed by atoms with Crippen LogP contribution in [0.3, 0.4) is 0 Å². The molecule has 0 aliphatic carbocycles. The van der Waals surface area contributed by atoms with Gasteiger partial charge in [-0.25, -0.2) is 0 Å². The summed E-state index contributed by atoms with van der Waals surface area (Å²) in [6.07, 6.45) is 5.40. The molecule has 0 atom stereocenters. The van der Waals surface area contributed by atoms with Crippen LogP contribution in [0.5, 0.6) is 0 Å². The van der Waals surface area contributed by atoms with Crippen molar-refractivity contribution < 1.29 is 4.79 Å². The quantitative estimate of drug-likeness (QED) is 0.735. The van der Waals surface area contributed by atoms with Crippen LogP contribution in [0.15, 0.2) is 29.3 Å². The Balaban J connectivity index is 2.67. The molecule has 1 heterocycles. The zero-order valence-electron chi connectivity index (χ0n) is 11.3. The minimum Gasteiger partial charge on any atom is -0.305 e. The first kappa shape index (κ1) is 13.6. The Bertz CT molecular complexity index is 723. The van der Waals surface area contributed by atoms with Gasteiger partial charge in [0.05, 0.1) is 16.8 Å². The molecule has 3 nitrogen and oxygen atoms in total. The van der Waals surface area contributed by atoms with Gasteiger partial charge in [-0.05, 0) is 12.1 Å². The molecule has 0 fully saturated rings. The predicted octanol–water partition coefficient (Wildman–Crippen LogP) is 2.81. The van der Waals surface area contributed by atoms with E-state index in [1.54, 1.807) is 0 Å². The average Bonchev–Trinajstić information content (AvgIpc) is 2.67. The van der Waals surface area contributed by atoms with Gasteiger partial charge in [-0.1, -0.05) is 50.2 Å². The number of nitrogens with zero attached hydrogens (tertiary/aromatic N) is 2. The molecular weight excluding hydrogens is 256 g/mol. The molecule has 0 saturated heterocycles. The van der Waals surface area contributed by atoms with Gasteiger partial charge in [0.15, 0.2) is 4.80 Å². The highest BCUT2D eigenvalue weighted by Gasteiger charge is 2.21. The summed E-state index contributed by atoms with van der Waals surface area (Å²) >= 11 is 1.49. The number of amides is 1. The maximum Gasteiger partial charge on any atom is 0.253 e. The van der Waals surface area contributed by atoms with Crippen molar-refractivity contribution in [3.05, 3.63) is 29.1 Å². The fourth-order valence-corrected chi connectivity index (χ4v) is 2.63. The van der Waals surface area contributed by atoms with E-state index in [1.165, 1.54) is 11.3 Å². The van der Waals surface area contributed by atoms with Crippen LogP contribution in [0.2, 0.25) is 0 Å². The fraction of sp³-hybridized carbons (Fsp3) is 0.333. The SMILES string of the molecule is C#CCn1c(=NC(=O)C(C)(C)C)sc2ccccc21. The number of para-hydroxylation sites is 1. The van der Waals surface area contributed by atoms with Crippen molar-refractivity contribution in [2.45, 2.75) is 27.3 Å². The molecule has 2 rings (SSSR count). The van der Waals surface area contributed by atoms with E-state index in [0.29, 0.717) is 11.3 Å². The summed E-state index contributed by atoms with van der Waals surface area (Å²) in [6, 6.07) is 7.92. The molecule has 1 aromatic carbocycles. The maximum absolute atomic E-state index is 12.0. The molecule has 0 unspecified atom stereocenters. The first-order valence-corrected chi connectivity index (χ1v) is 6.86.